The topological polar surface area (TPSA) is 67.1 Å². The lowest BCUT2D eigenvalue weighted by Crippen LogP contribution is -2.29. The van der Waals surface area contributed by atoms with E-state index in [1.54, 1.807) is 12.1 Å². The van der Waals surface area contributed by atoms with Crippen molar-refractivity contribution in [3.8, 4) is 0 Å². The number of halogens is 1. The van der Waals surface area contributed by atoms with Crippen LogP contribution in [-0.2, 0) is 0 Å². The van der Waals surface area contributed by atoms with Crippen LogP contribution in [0.15, 0.2) is 24.3 Å². The number of amides is 2. The highest BCUT2D eigenvalue weighted by atomic mass is 19.1. The molecule has 1 aromatic rings. The molecule has 0 spiro atoms. The minimum Gasteiger partial charge on any atom is -0.338 e. The Balaban J connectivity index is 2.14. The van der Waals surface area contributed by atoms with Crippen LogP contribution < -0.4 is 16.4 Å². The molecule has 0 aromatic heterocycles. The van der Waals surface area contributed by atoms with Crippen molar-refractivity contribution in [3.63, 3.8) is 0 Å². The zero-order chi connectivity index (χ0) is 13.2. The van der Waals surface area contributed by atoms with Gasteiger partial charge in [-0.3, -0.25) is 0 Å². The maximum atomic E-state index is 12.9. The number of hydrogen-bond donors (Lipinski definition) is 3. The first-order chi connectivity index (χ1) is 8.72. The van der Waals surface area contributed by atoms with Crippen LogP contribution in [0.1, 0.15) is 25.7 Å². The van der Waals surface area contributed by atoms with Crippen LogP contribution >= 0.6 is 0 Å². The standard InChI is InChI=1S/C13H20FN3O/c14-11-6-5-7-12(10-11)17-13(18)16-9-4-2-1-3-8-15/h5-7,10H,1-4,8-9,15H2,(H2,16,17,18). The Morgan fingerprint density at radius 1 is 1.22 bits per heavy atom. The van der Waals surface area contributed by atoms with Gasteiger partial charge in [0, 0.05) is 12.2 Å². The monoisotopic (exact) mass is 253 g/mol. The van der Waals surface area contributed by atoms with Crippen molar-refractivity contribution < 1.29 is 9.18 Å². The minimum atomic E-state index is -0.366. The number of nitrogens with two attached hydrogens (primary N) is 1. The van der Waals surface area contributed by atoms with E-state index >= 15 is 0 Å². The van der Waals surface area contributed by atoms with Gasteiger partial charge in [-0.25, -0.2) is 9.18 Å². The molecular formula is C13H20FN3O. The van der Waals surface area contributed by atoms with E-state index in [9.17, 15) is 9.18 Å². The molecule has 4 N–H and O–H groups in total. The first-order valence-corrected chi connectivity index (χ1v) is 6.23. The summed E-state index contributed by atoms with van der Waals surface area (Å²) >= 11 is 0. The Morgan fingerprint density at radius 2 is 2.00 bits per heavy atom. The molecule has 0 unspecified atom stereocenters. The Kier molecular flexibility index (Phi) is 6.79. The van der Waals surface area contributed by atoms with E-state index < -0.39 is 0 Å². The highest BCUT2D eigenvalue weighted by molar-refractivity contribution is 5.89. The van der Waals surface area contributed by atoms with Gasteiger partial charge in [-0.1, -0.05) is 18.9 Å². The van der Waals surface area contributed by atoms with E-state index in [-0.39, 0.29) is 11.8 Å². The summed E-state index contributed by atoms with van der Waals surface area (Å²) in [5, 5.41) is 5.30. The predicted molar refractivity (Wildman–Crippen MR) is 70.9 cm³/mol. The Morgan fingerprint density at radius 3 is 2.72 bits per heavy atom. The number of nitrogens with one attached hydrogen (secondary N) is 2. The average Bonchev–Trinajstić information content (AvgIpc) is 2.33. The lowest BCUT2D eigenvalue weighted by Gasteiger charge is -2.07. The molecule has 0 bridgehead atoms. The number of hydrogen-bond acceptors (Lipinski definition) is 2. The third-order valence-electron chi connectivity index (χ3n) is 2.50. The van der Waals surface area contributed by atoms with Crippen LogP contribution in [0.4, 0.5) is 14.9 Å². The molecule has 5 heteroatoms. The molecule has 0 aliphatic rings. The number of urea groups is 1. The van der Waals surface area contributed by atoms with Crippen LogP contribution in [0, 0.1) is 5.82 Å². The van der Waals surface area contributed by atoms with Crippen molar-refractivity contribution in [1.82, 2.24) is 5.32 Å². The second-order valence-corrected chi connectivity index (χ2v) is 4.09. The third-order valence-corrected chi connectivity index (χ3v) is 2.50. The molecule has 0 fully saturated rings. The number of carbonyl (C=O) groups excluding carboxylic acids is 1. The fraction of sp³-hybridized carbons (Fsp3) is 0.462. The fourth-order valence-corrected chi connectivity index (χ4v) is 1.57. The van der Waals surface area contributed by atoms with Crippen molar-refractivity contribution >= 4 is 11.7 Å². The summed E-state index contributed by atoms with van der Waals surface area (Å²) in [5.41, 5.74) is 5.83. The van der Waals surface area contributed by atoms with Crippen molar-refractivity contribution in [2.24, 2.45) is 5.73 Å². The van der Waals surface area contributed by atoms with Gasteiger partial charge in [0.1, 0.15) is 5.82 Å². The largest absolute Gasteiger partial charge is 0.338 e. The maximum Gasteiger partial charge on any atom is 0.319 e. The van der Waals surface area contributed by atoms with Gasteiger partial charge in [-0.15, -0.1) is 0 Å². The molecule has 100 valence electrons. The smallest absolute Gasteiger partial charge is 0.319 e. The lowest BCUT2D eigenvalue weighted by atomic mass is 10.2. The van der Waals surface area contributed by atoms with E-state index in [4.69, 9.17) is 5.73 Å². The normalized spacial score (nSPS) is 10.1. The van der Waals surface area contributed by atoms with Gasteiger partial charge in [0.25, 0.3) is 0 Å². The summed E-state index contributed by atoms with van der Waals surface area (Å²) in [6.07, 6.45) is 4.09. The molecular weight excluding hydrogens is 233 g/mol. The molecule has 1 aromatic carbocycles. The molecule has 0 aliphatic heterocycles. The fourth-order valence-electron chi connectivity index (χ4n) is 1.57. The summed E-state index contributed by atoms with van der Waals surface area (Å²) in [4.78, 5) is 11.4. The maximum absolute atomic E-state index is 12.9. The van der Waals surface area contributed by atoms with Gasteiger partial charge < -0.3 is 16.4 Å². The van der Waals surface area contributed by atoms with Crippen molar-refractivity contribution in [2.75, 3.05) is 18.4 Å². The highest BCUT2D eigenvalue weighted by Crippen LogP contribution is 2.08. The molecule has 0 heterocycles. The van der Waals surface area contributed by atoms with Crippen molar-refractivity contribution in [1.29, 1.82) is 0 Å². The SMILES string of the molecule is NCCCCCCNC(=O)Nc1cccc(F)c1. The third kappa shape index (κ3) is 6.20. The lowest BCUT2D eigenvalue weighted by molar-refractivity contribution is 0.252. The average molecular weight is 253 g/mol. The highest BCUT2D eigenvalue weighted by Gasteiger charge is 2.01. The molecule has 0 saturated carbocycles. The second kappa shape index (κ2) is 8.47. The number of benzene rings is 1. The van der Waals surface area contributed by atoms with Crippen LogP contribution in [0.3, 0.4) is 0 Å². The van der Waals surface area contributed by atoms with Crippen LogP contribution in [0.5, 0.6) is 0 Å². The van der Waals surface area contributed by atoms with Gasteiger partial charge >= 0.3 is 6.03 Å². The second-order valence-electron chi connectivity index (χ2n) is 4.09. The van der Waals surface area contributed by atoms with Crippen LogP contribution in [-0.4, -0.2) is 19.1 Å². The van der Waals surface area contributed by atoms with Crippen LogP contribution in [0.2, 0.25) is 0 Å². The molecule has 0 aliphatic carbocycles. The van der Waals surface area contributed by atoms with Gasteiger partial charge in [-0.2, -0.15) is 0 Å². The van der Waals surface area contributed by atoms with Crippen molar-refractivity contribution in [3.05, 3.63) is 30.1 Å². The zero-order valence-electron chi connectivity index (χ0n) is 10.4. The zero-order valence-corrected chi connectivity index (χ0v) is 10.4. The van der Waals surface area contributed by atoms with Gasteiger partial charge in [0.05, 0.1) is 0 Å². The molecule has 0 radical (unpaired) electrons. The first-order valence-electron chi connectivity index (χ1n) is 6.23. The Labute approximate surface area is 107 Å². The number of unbranched alkanes of at least 4 members (excludes halogenated alkanes) is 3. The summed E-state index contributed by atoms with van der Waals surface area (Å²) in [6, 6.07) is 5.50. The number of carbonyl (C=O) groups is 1. The van der Waals surface area contributed by atoms with E-state index in [1.807, 2.05) is 0 Å². The van der Waals surface area contributed by atoms with E-state index in [0.717, 1.165) is 25.7 Å². The molecule has 4 nitrogen and oxygen atoms in total. The van der Waals surface area contributed by atoms with Gasteiger partial charge in [-0.05, 0) is 37.6 Å². The number of rotatable bonds is 7. The molecule has 18 heavy (non-hydrogen) atoms. The minimum absolute atomic E-state index is 0.306. The molecule has 2 amide bonds. The van der Waals surface area contributed by atoms with Gasteiger partial charge in [0.2, 0.25) is 0 Å². The summed E-state index contributed by atoms with van der Waals surface area (Å²) in [6.45, 7) is 1.33. The van der Waals surface area contributed by atoms with Gasteiger partial charge in [0.15, 0.2) is 0 Å². The summed E-state index contributed by atoms with van der Waals surface area (Å²) in [5.74, 6) is -0.366. The van der Waals surface area contributed by atoms with Crippen molar-refractivity contribution in [2.45, 2.75) is 25.7 Å². The summed E-state index contributed by atoms with van der Waals surface area (Å²) < 4.78 is 12.9. The van der Waals surface area contributed by atoms with E-state index in [1.165, 1.54) is 12.1 Å². The molecule has 0 atom stereocenters. The first kappa shape index (κ1) is 14.4. The Bertz CT molecular complexity index is 371. The van der Waals surface area contributed by atoms with Crippen LogP contribution in [0.25, 0.3) is 0 Å². The molecule has 0 saturated heterocycles. The number of anilines is 1. The summed E-state index contributed by atoms with van der Waals surface area (Å²) in [7, 11) is 0. The quantitative estimate of drug-likeness (QED) is 0.653. The van der Waals surface area contributed by atoms with E-state index in [0.29, 0.717) is 18.8 Å². The Hall–Kier alpha value is -1.62. The molecule has 1 rings (SSSR count). The predicted octanol–water partition coefficient (Wildman–Crippen LogP) is 2.47. The van der Waals surface area contributed by atoms with E-state index in [2.05, 4.69) is 10.6 Å².